The number of nitrogens with one attached hydrogen (secondary N) is 1. The second-order valence-corrected chi connectivity index (χ2v) is 8.82. The molecule has 0 fully saturated rings. The van der Waals surface area contributed by atoms with Gasteiger partial charge in [0.25, 0.3) is 0 Å². The lowest BCUT2D eigenvalue weighted by Crippen LogP contribution is -2.37. The van der Waals surface area contributed by atoms with Crippen molar-refractivity contribution in [2.45, 2.75) is 34.2 Å². The van der Waals surface area contributed by atoms with Gasteiger partial charge >= 0.3 is 0 Å². The minimum absolute atomic E-state index is 0.166. The molecule has 6 heteroatoms. The van der Waals surface area contributed by atoms with Gasteiger partial charge in [0.2, 0.25) is 15.9 Å². The number of amides is 1. The van der Waals surface area contributed by atoms with E-state index in [1.165, 1.54) is 4.31 Å². The highest BCUT2D eigenvalue weighted by Gasteiger charge is 2.21. The maximum Gasteiger partial charge on any atom is 0.239 e. The zero-order chi connectivity index (χ0) is 19.5. The summed E-state index contributed by atoms with van der Waals surface area (Å²) in [7, 11) is -3.52. The molecule has 2 rings (SSSR count). The normalized spacial score (nSPS) is 11.6. The highest BCUT2D eigenvalue weighted by molar-refractivity contribution is 7.88. The quantitative estimate of drug-likeness (QED) is 0.843. The molecule has 0 saturated carbocycles. The fraction of sp³-hybridized carbons (Fsp3) is 0.350. The predicted molar refractivity (Wildman–Crippen MR) is 106 cm³/mol. The van der Waals surface area contributed by atoms with Crippen molar-refractivity contribution in [2.75, 3.05) is 18.1 Å². The second kappa shape index (κ2) is 8.01. The Labute approximate surface area is 156 Å². The number of benzene rings is 2. The number of carbonyl (C=O) groups excluding carboxylic acids is 1. The van der Waals surface area contributed by atoms with E-state index in [1.54, 1.807) is 0 Å². The summed E-state index contributed by atoms with van der Waals surface area (Å²) >= 11 is 0. The first-order valence-corrected chi connectivity index (χ1v) is 10.3. The Kier molecular flexibility index (Phi) is 6.21. The molecule has 0 aliphatic carbocycles. The zero-order valence-electron chi connectivity index (χ0n) is 16.0. The van der Waals surface area contributed by atoms with Crippen LogP contribution in [0.25, 0.3) is 0 Å². The predicted octanol–water partition coefficient (Wildman–Crippen LogP) is 3.32. The molecule has 1 amide bonds. The maximum absolute atomic E-state index is 12.5. The fourth-order valence-electron chi connectivity index (χ4n) is 3.02. The molecule has 0 heterocycles. The van der Waals surface area contributed by atoms with E-state index in [0.29, 0.717) is 0 Å². The standard InChI is InChI=1S/C20H26N2O3S/c1-14-7-6-8-18(11-14)12-22(26(5,24)25)13-19(23)21-20-16(3)9-15(2)10-17(20)4/h6-11H,12-13H2,1-5H3,(H,21,23). The molecule has 2 aromatic carbocycles. The number of carbonyl (C=O) groups is 1. The molecule has 0 atom stereocenters. The van der Waals surface area contributed by atoms with Crippen molar-refractivity contribution < 1.29 is 13.2 Å². The highest BCUT2D eigenvalue weighted by Crippen LogP contribution is 2.22. The molecule has 5 nitrogen and oxygen atoms in total. The monoisotopic (exact) mass is 374 g/mol. The van der Waals surface area contributed by atoms with Crippen molar-refractivity contribution in [3.63, 3.8) is 0 Å². The van der Waals surface area contributed by atoms with Crippen LogP contribution in [-0.2, 0) is 21.4 Å². The first-order chi connectivity index (χ1) is 12.1. The molecular formula is C20H26N2O3S. The second-order valence-electron chi connectivity index (χ2n) is 6.84. The number of nitrogens with zero attached hydrogens (tertiary/aromatic N) is 1. The van der Waals surface area contributed by atoms with Crippen LogP contribution in [0.3, 0.4) is 0 Å². The molecular weight excluding hydrogens is 348 g/mol. The Hall–Kier alpha value is -2.18. The lowest BCUT2D eigenvalue weighted by Gasteiger charge is -2.21. The molecule has 1 N–H and O–H groups in total. The number of aryl methyl sites for hydroxylation is 4. The van der Waals surface area contributed by atoms with Crippen molar-refractivity contribution in [1.82, 2.24) is 4.31 Å². The highest BCUT2D eigenvalue weighted by atomic mass is 32.2. The third kappa shape index (κ3) is 5.41. The minimum Gasteiger partial charge on any atom is -0.324 e. The van der Waals surface area contributed by atoms with Crippen LogP contribution in [0.5, 0.6) is 0 Å². The Bertz CT molecular complexity index is 897. The number of rotatable bonds is 6. The molecule has 2 aromatic rings. The average Bonchev–Trinajstić information content (AvgIpc) is 2.49. The number of sulfonamides is 1. The van der Waals surface area contributed by atoms with E-state index in [4.69, 9.17) is 0 Å². The van der Waals surface area contributed by atoms with Gasteiger partial charge in [-0.25, -0.2) is 8.42 Å². The summed E-state index contributed by atoms with van der Waals surface area (Å²) < 4.78 is 25.5. The number of hydrogen-bond donors (Lipinski definition) is 1. The molecule has 0 radical (unpaired) electrons. The smallest absolute Gasteiger partial charge is 0.239 e. The van der Waals surface area contributed by atoms with Crippen molar-refractivity contribution in [3.8, 4) is 0 Å². The molecule has 140 valence electrons. The summed E-state index contributed by atoms with van der Waals surface area (Å²) in [5.41, 5.74) is 5.68. The van der Waals surface area contributed by atoms with Crippen LogP contribution < -0.4 is 5.32 Å². The van der Waals surface area contributed by atoms with Crippen LogP contribution >= 0.6 is 0 Å². The van der Waals surface area contributed by atoms with Crippen LogP contribution in [-0.4, -0.2) is 31.4 Å². The SMILES string of the molecule is Cc1cccc(CN(CC(=O)Nc2c(C)cc(C)cc2C)S(C)(=O)=O)c1. The minimum atomic E-state index is -3.52. The van der Waals surface area contributed by atoms with Crippen molar-refractivity contribution in [1.29, 1.82) is 0 Å². The number of anilines is 1. The van der Waals surface area contributed by atoms with Crippen molar-refractivity contribution in [3.05, 3.63) is 64.2 Å². The van der Waals surface area contributed by atoms with E-state index < -0.39 is 10.0 Å². The third-order valence-electron chi connectivity index (χ3n) is 4.17. The van der Waals surface area contributed by atoms with Crippen LogP contribution in [0, 0.1) is 27.7 Å². The summed E-state index contributed by atoms with van der Waals surface area (Å²) in [5, 5.41) is 2.86. The largest absolute Gasteiger partial charge is 0.324 e. The van der Waals surface area contributed by atoms with Gasteiger partial charge in [0.05, 0.1) is 12.8 Å². The molecule has 0 aromatic heterocycles. The van der Waals surface area contributed by atoms with Crippen LogP contribution in [0.2, 0.25) is 0 Å². The fourth-order valence-corrected chi connectivity index (χ4v) is 3.76. The molecule has 0 aliphatic rings. The number of hydrogen-bond acceptors (Lipinski definition) is 3. The van der Waals surface area contributed by atoms with E-state index in [0.717, 1.165) is 39.8 Å². The third-order valence-corrected chi connectivity index (χ3v) is 5.37. The summed E-state index contributed by atoms with van der Waals surface area (Å²) in [6.45, 7) is 7.75. The van der Waals surface area contributed by atoms with Crippen LogP contribution in [0.1, 0.15) is 27.8 Å². The van der Waals surface area contributed by atoms with Gasteiger partial charge in [-0.05, 0) is 44.4 Å². The van der Waals surface area contributed by atoms with Gasteiger partial charge in [0, 0.05) is 12.2 Å². The van der Waals surface area contributed by atoms with Crippen LogP contribution in [0.4, 0.5) is 5.69 Å². The molecule has 0 bridgehead atoms. The van der Waals surface area contributed by atoms with Gasteiger partial charge in [-0.1, -0.05) is 47.5 Å². The molecule has 26 heavy (non-hydrogen) atoms. The molecule has 0 aliphatic heterocycles. The van der Waals surface area contributed by atoms with E-state index in [-0.39, 0.29) is 19.0 Å². The topological polar surface area (TPSA) is 66.5 Å². The van der Waals surface area contributed by atoms with E-state index in [1.807, 2.05) is 64.1 Å². The molecule has 0 unspecified atom stereocenters. The first kappa shape index (κ1) is 20.1. The van der Waals surface area contributed by atoms with Crippen molar-refractivity contribution in [2.24, 2.45) is 0 Å². The van der Waals surface area contributed by atoms with Gasteiger partial charge in [-0.2, -0.15) is 4.31 Å². The van der Waals surface area contributed by atoms with Gasteiger partial charge < -0.3 is 5.32 Å². The summed E-state index contributed by atoms with van der Waals surface area (Å²) in [5.74, 6) is -0.349. The average molecular weight is 375 g/mol. The Balaban J connectivity index is 2.17. The maximum atomic E-state index is 12.5. The van der Waals surface area contributed by atoms with E-state index in [2.05, 4.69) is 5.32 Å². The van der Waals surface area contributed by atoms with E-state index >= 15 is 0 Å². The Morgan fingerprint density at radius 2 is 1.62 bits per heavy atom. The lowest BCUT2D eigenvalue weighted by atomic mass is 10.1. The van der Waals surface area contributed by atoms with Gasteiger partial charge in [0.15, 0.2) is 0 Å². The van der Waals surface area contributed by atoms with E-state index in [9.17, 15) is 13.2 Å². The Morgan fingerprint density at radius 3 is 2.15 bits per heavy atom. The van der Waals surface area contributed by atoms with Gasteiger partial charge in [-0.3, -0.25) is 4.79 Å². The zero-order valence-corrected chi connectivity index (χ0v) is 16.8. The lowest BCUT2D eigenvalue weighted by molar-refractivity contribution is -0.116. The van der Waals surface area contributed by atoms with Crippen LogP contribution in [0.15, 0.2) is 36.4 Å². The van der Waals surface area contributed by atoms with Gasteiger partial charge in [-0.15, -0.1) is 0 Å². The Morgan fingerprint density at radius 1 is 1.00 bits per heavy atom. The first-order valence-electron chi connectivity index (χ1n) is 8.44. The van der Waals surface area contributed by atoms with Crippen molar-refractivity contribution >= 4 is 21.6 Å². The molecule has 0 spiro atoms. The summed E-state index contributed by atoms with van der Waals surface area (Å²) in [4.78, 5) is 12.5. The summed E-state index contributed by atoms with van der Waals surface area (Å²) in [6, 6.07) is 11.6. The molecule has 0 saturated heterocycles. The van der Waals surface area contributed by atoms with Gasteiger partial charge in [0.1, 0.15) is 0 Å². The summed E-state index contributed by atoms with van der Waals surface area (Å²) in [6.07, 6.45) is 1.12.